The molecule has 6 aromatic rings. The van der Waals surface area contributed by atoms with Gasteiger partial charge in [0, 0.05) is 32.3 Å². The van der Waals surface area contributed by atoms with Crippen molar-refractivity contribution in [2.24, 2.45) is 0 Å². The summed E-state index contributed by atoms with van der Waals surface area (Å²) in [5.41, 5.74) is 0.872. The Labute approximate surface area is 281 Å². The zero-order valence-corrected chi connectivity index (χ0v) is 29.0. The van der Waals surface area contributed by atoms with Crippen LogP contribution in [0.1, 0.15) is 0 Å². The van der Waals surface area contributed by atoms with Crippen LogP contribution in [0.2, 0.25) is 0 Å². The first-order valence-corrected chi connectivity index (χ1v) is 18.8. The Morgan fingerprint density at radius 1 is 0.333 bits per heavy atom. The molecule has 242 valence electrons. The van der Waals surface area contributed by atoms with Crippen molar-refractivity contribution in [1.29, 1.82) is 0 Å². The number of methoxy groups -OCH3 is 4. The molecular formula is C40H36O6P2. The fourth-order valence-electron chi connectivity index (χ4n) is 6.25. The Morgan fingerprint density at radius 3 is 0.792 bits per heavy atom. The molecule has 0 aliphatic rings. The molecule has 0 heterocycles. The van der Waals surface area contributed by atoms with Gasteiger partial charge in [-0.1, -0.05) is 121 Å². The minimum absolute atomic E-state index is 0.381. The smallest absolute Gasteiger partial charge is 0.175 e. The molecule has 0 spiro atoms. The van der Waals surface area contributed by atoms with Crippen LogP contribution in [0.4, 0.5) is 0 Å². The highest BCUT2D eigenvalue weighted by atomic mass is 31.2. The number of hydrogen-bond donors (Lipinski definition) is 0. The molecule has 0 N–H and O–H groups in total. The fraction of sp³-hybridized carbons (Fsp3) is 0.100. The average Bonchev–Trinajstić information content (AvgIpc) is 3.17. The van der Waals surface area contributed by atoms with Gasteiger partial charge in [0.25, 0.3) is 0 Å². The molecule has 48 heavy (non-hydrogen) atoms. The van der Waals surface area contributed by atoms with E-state index >= 15 is 9.13 Å². The third-order valence-corrected chi connectivity index (χ3v) is 14.7. The second kappa shape index (κ2) is 14.0. The topological polar surface area (TPSA) is 71.1 Å². The molecular weight excluding hydrogens is 638 g/mol. The van der Waals surface area contributed by atoms with Gasteiger partial charge in [-0.2, -0.15) is 0 Å². The van der Waals surface area contributed by atoms with Crippen molar-refractivity contribution in [2.75, 3.05) is 28.4 Å². The highest BCUT2D eigenvalue weighted by Crippen LogP contribution is 2.55. The lowest BCUT2D eigenvalue weighted by molar-refractivity contribution is 0.402. The molecule has 0 bridgehead atoms. The van der Waals surface area contributed by atoms with E-state index in [4.69, 9.17) is 18.9 Å². The molecule has 8 heteroatoms. The van der Waals surface area contributed by atoms with Gasteiger partial charge < -0.3 is 28.1 Å². The van der Waals surface area contributed by atoms with Gasteiger partial charge in [0.2, 0.25) is 0 Å². The third kappa shape index (κ3) is 5.52. The highest BCUT2D eigenvalue weighted by Gasteiger charge is 2.42. The van der Waals surface area contributed by atoms with Crippen LogP contribution in [-0.4, -0.2) is 28.4 Å². The fourth-order valence-corrected chi connectivity index (χ4v) is 12.3. The van der Waals surface area contributed by atoms with E-state index in [0.29, 0.717) is 66.0 Å². The summed E-state index contributed by atoms with van der Waals surface area (Å²) in [6.07, 6.45) is 0. The Bertz CT molecular complexity index is 1880. The maximum absolute atomic E-state index is 16.2. The lowest BCUT2D eigenvalue weighted by Crippen LogP contribution is -2.31. The molecule has 0 amide bonds. The summed E-state index contributed by atoms with van der Waals surface area (Å²) in [6, 6.07) is 44.5. The van der Waals surface area contributed by atoms with E-state index in [9.17, 15) is 0 Å². The average molecular weight is 675 g/mol. The molecule has 0 aromatic heterocycles. The van der Waals surface area contributed by atoms with Crippen molar-refractivity contribution >= 4 is 46.1 Å². The van der Waals surface area contributed by atoms with Crippen LogP contribution >= 0.6 is 14.3 Å². The molecule has 0 radical (unpaired) electrons. The highest BCUT2D eigenvalue weighted by molar-refractivity contribution is 7.86. The summed E-state index contributed by atoms with van der Waals surface area (Å²) in [5.74, 6) is 1.57. The van der Waals surface area contributed by atoms with Gasteiger partial charge >= 0.3 is 0 Å². The second-order valence-corrected chi connectivity index (χ2v) is 16.3. The standard InChI is InChI=1S/C40H36O6P2/c1-43-33-25-27-35(45-3)39(47(41,29-17-9-5-10-18-29)30-19-11-6-12-20-30)37(33)38-34(44-2)26-28-36(46-4)40(38)48(42,31-21-13-7-14-22-31)32-23-15-8-16-24-32/h5-28H,1-4H3. The minimum Gasteiger partial charge on any atom is -0.496 e. The SMILES string of the molecule is COc1ccc(OC)c(P(=O)(c2ccccc2)c2ccccc2)c1-c1c(OC)ccc(OC)c1P(=O)(c1ccccc1)c1ccccc1. The number of ether oxygens (including phenoxy) is 4. The zero-order chi connectivity index (χ0) is 33.7. The number of rotatable bonds is 11. The molecule has 6 rings (SSSR count). The Morgan fingerprint density at radius 2 is 0.562 bits per heavy atom. The summed E-state index contributed by atoms with van der Waals surface area (Å²) in [5, 5.41) is 3.18. The largest absolute Gasteiger partial charge is 0.496 e. The van der Waals surface area contributed by atoms with Gasteiger partial charge in [0.05, 0.1) is 39.0 Å². The first kappa shape index (κ1) is 32.9. The van der Waals surface area contributed by atoms with Crippen molar-refractivity contribution in [3.05, 3.63) is 146 Å². The first-order valence-electron chi connectivity index (χ1n) is 15.4. The molecule has 0 saturated carbocycles. The zero-order valence-electron chi connectivity index (χ0n) is 27.2. The van der Waals surface area contributed by atoms with Crippen LogP contribution in [0.15, 0.2) is 146 Å². The summed E-state index contributed by atoms with van der Waals surface area (Å²) >= 11 is 0. The summed E-state index contributed by atoms with van der Waals surface area (Å²) in [4.78, 5) is 0. The van der Waals surface area contributed by atoms with Crippen LogP contribution < -0.4 is 50.8 Å². The van der Waals surface area contributed by atoms with Crippen LogP contribution in [0.3, 0.4) is 0 Å². The van der Waals surface area contributed by atoms with Gasteiger partial charge in [0.1, 0.15) is 23.0 Å². The number of hydrogen-bond acceptors (Lipinski definition) is 6. The van der Waals surface area contributed by atoms with Gasteiger partial charge in [0.15, 0.2) is 14.3 Å². The maximum atomic E-state index is 16.2. The lowest BCUT2D eigenvalue weighted by Gasteiger charge is -2.30. The van der Waals surface area contributed by atoms with Crippen molar-refractivity contribution < 1.29 is 28.1 Å². The summed E-state index contributed by atoms with van der Waals surface area (Å²) in [6.45, 7) is 0. The Hall–Kier alpha value is -5.02. The first-order chi connectivity index (χ1) is 23.4. The molecule has 0 aliphatic carbocycles. The van der Waals surface area contributed by atoms with Crippen LogP contribution in [-0.2, 0) is 9.13 Å². The molecule has 0 atom stereocenters. The van der Waals surface area contributed by atoms with Crippen LogP contribution in [0.5, 0.6) is 23.0 Å². The second-order valence-electron chi connectivity index (χ2n) is 10.9. The Balaban J connectivity index is 1.87. The molecule has 0 saturated heterocycles. The van der Waals surface area contributed by atoms with E-state index < -0.39 is 14.3 Å². The van der Waals surface area contributed by atoms with Crippen LogP contribution in [0, 0.1) is 0 Å². The molecule has 6 nitrogen and oxygen atoms in total. The van der Waals surface area contributed by atoms with E-state index in [1.165, 1.54) is 0 Å². The summed E-state index contributed by atoms with van der Waals surface area (Å²) < 4.78 is 56.8. The predicted octanol–water partition coefficient (Wildman–Crippen LogP) is 6.67. The normalized spacial score (nSPS) is 11.5. The van der Waals surface area contributed by atoms with Crippen molar-refractivity contribution in [3.8, 4) is 34.1 Å². The molecule has 0 aliphatic heterocycles. The van der Waals surface area contributed by atoms with Gasteiger partial charge in [-0.05, 0) is 24.3 Å². The lowest BCUT2D eigenvalue weighted by atomic mass is 10.0. The van der Waals surface area contributed by atoms with Gasteiger partial charge in [-0.25, -0.2) is 0 Å². The third-order valence-electron chi connectivity index (χ3n) is 8.44. The van der Waals surface area contributed by atoms with E-state index in [-0.39, 0.29) is 0 Å². The minimum atomic E-state index is -3.73. The molecule has 0 fully saturated rings. The maximum Gasteiger partial charge on any atom is 0.175 e. The van der Waals surface area contributed by atoms with Crippen molar-refractivity contribution in [1.82, 2.24) is 0 Å². The van der Waals surface area contributed by atoms with E-state index in [1.807, 2.05) is 121 Å². The monoisotopic (exact) mass is 674 g/mol. The van der Waals surface area contributed by atoms with E-state index in [2.05, 4.69) is 0 Å². The van der Waals surface area contributed by atoms with Gasteiger partial charge in [-0.15, -0.1) is 0 Å². The quantitative estimate of drug-likeness (QED) is 0.143. The molecule has 6 aromatic carbocycles. The van der Waals surface area contributed by atoms with Crippen molar-refractivity contribution in [2.45, 2.75) is 0 Å². The van der Waals surface area contributed by atoms with E-state index in [1.54, 1.807) is 52.7 Å². The summed E-state index contributed by atoms with van der Waals surface area (Å²) in [7, 11) is -1.24. The van der Waals surface area contributed by atoms with E-state index in [0.717, 1.165) is 0 Å². The van der Waals surface area contributed by atoms with Gasteiger partial charge in [-0.3, -0.25) is 0 Å². The number of benzene rings is 6. The Kier molecular flexibility index (Phi) is 9.59. The predicted molar refractivity (Wildman–Crippen MR) is 197 cm³/mol. The van der Waals surface area contributed by atoms with Crippen LogP contribution in [0.25, 0.3) is 11.1 Å². The molecule has 0 unspecified atom stereocenters. The van der Waals surface area contributed by atoms with Crippen molar-refractivity contribution in [3.63, 3.8) is 0 Å².